The molecule has 0 spiro atoms. The first-order valence-corrected chi connectivity index (χ1v) is 11.6. The van der Waals surface area contributed by atoms with Gasteiger partial charge < -0.3 is 0 Å². The van der Waals surface area contributed by atoms with Crippen molar-refractivity contribution >= 4 is 32.3 Å². The summed E-state index contributed by atoms with van der Waals surface area (Å²) in [6, 6.07) is 22.7. The number of fused-ring (bicyclic) bond motifs is 3. The van der Waals surface area contributed by atoms with Gasteiger partial charge in [-0.05, 0) is 77.8 Å². The molecule has 0 aliphatic carbocycles. The molecule has 0 bridgehead atoms. The van der Waals surface area contributed by atoms with E-state index in [1.54, 1.807) is 0 Å². The summed E-state index contributed by atoms with van der Waals surface area (Å²) in [5, 5.41) is 4.60. The van der Waals surface area contributed by atoms with Crippen LogP contribution in [0.4, 0.5) is 0 Å². The van der Waals surface area contributed by atoms with E-state index in [-0.39, 0.29) is 35.3 Å². The third-order valence-electron chi connectivity index (χ3n) is 6.60. The molecular formula is C36H24. The number of hydrogen-bond acceptors (Lipinski definition) is 0. The van der Waals surface area contributed by atoms with Gasteiger partial charge in [-0.1, -0.05) is 133 Å². The van der Waals surface area contributed by atoms with Crippen LogP contribution in [0.1, 0.15) is 13.7 Å². The van der Waals surface area contributed by atoms with Gasteiger partial charge in [0.1, 0.15) is 0 Å². The van der Waals surface area contributed by atoms with E-state index in [2.05, 4.69) is 0 Å². The largest absolute Gasteiger partial charge is 0.0629 e. The summed E-state index contributed by atoms with van der Waals surface area (Å²) in [6.07, 6.45) is 0. The number of benzene rings is 7. The third kappa shape index (κ3) is 3.31. The van der Waals surface area contributed by atoms with Crippen LogP contribution in [0, 0.1) is 0 Å². The van der Waals surface area contributed by atoms with Gasteiger partial charge >= 0.3 is 0 Å². The molecule has 0 unspecified atom stereocenters. The molecule has 0 aliphatic rings. The van der Waals surface area contributed by atoms with E-state index in [0.29, 0.717) is 21.9 Å². The summed E-state index contributed by atoms with van der Waals surface area (Å²) in [4.78, 5) is 0. The standard InChI is InChI=1S/C36H24/c1-3-13-25(14-4-1)28-23-27-17-7-8-18-29(27)34(24-28)36-32-21-11-9-19-30(32)35(26-15-5-2-6-16-26)31-20-10-12-22-33(31)36/h1-24H/i1D,2D,3D,4D,5D,6D,13D,14D,15D,16D. The fraction of sp³-hybridized carbons (Fsp3) is 0. The van der Waals surface area contributed by atoms with Gasteiger partial charge in [0.15, 0.2) is 0 Å². The van der Waals surface area contributed by atoms with E-state index in [1.807, 2.05) is 84.9 Å². The quantitative estimate of drug-likeness (QED) is 0.227. The predicted molar refractivity (Wildman–Crippen MR) is 155 cm³/mol. The highest BCUT2D eigenvalue weighted by atomic mass is 14.2. The SMILES string of the molecule is [2H]c1c([2H])c([2H])c(-c2cc(-c3c4ccccc4c(-c4c([2H])c([2H])c([2H])c([2H])c4[2H])c4ccccc34)c3ccccc3c2)c([2H])c1[2H]. The first-order valence-electron chi connectivity index (χ1n) is 16.6. The molecule has 0 N–H and O–H groups in total. The van der Waals surface area contributed by atoms with Crippen LogP contribution in [0.15, 0.2) is 145 Å². The second kappa shape index (κ2) is 8.52. The molecule has 7 aromatic carbocycles. The zero-order valence-electron chi connectivity index (χ0n) is 29.1. The van der Waals surface area contributed by atoms with Crippen LogP contribution >= 0.6 is 0 Å². The Labute approximate surface area is 225 Å². The van der Waals surface area contributed by atoms with E-state index >= 15 is 0 Å². The van der Waals surface area contributed by atoms with Crippen LogP contribution in [0.3, 0.4) is 0 Å². The van der Waals surface area contributed by atoms with Crippen LogP contribution in [-0.4, -0.2) is 0 Å². The fourth-order valence-corrected chi connectivity index (χ4v) is 5.12. The van der Waals surface area contributed by atoms with Gasteiger partial charge in [0.05, 0.1) is 13.7 Å². The molecule has 7 rings (SSSR count). The van der Waals surface area contributed by atoms with Crippen LogP contribution in [-0.2, 0) is 0 Å². The minimum atomic E-state index is -0.458. The average Bonchev–Trinajstić information content (AvgIpc) is 3.07. The summed E-state index contributed by atoms with van der Waals surface area (Å²) in [5.41, 5.74) is 2.78. The molecule has 0 heteroatoms. The lowest BCUT2D eigenvalue weighted by molar-refractivity contribution is 1.63. The van der Waals surface area contributed by atoms with Crippen molar-refractivity contribution in [2.45, 2.75) is 0 Å². The van der Waals surface area contributed by atoms with Crippen molar-refractivity contribution in [3.8, 4) is 33.4 Å². The Balaban J connectivity index is 1.67. The molecule has 0 fully saturated rings. The summed E-state index contributed by atoms with van der Waals surface area (Å²) < 4.78 is 84.5. The van der Waals surface area contributed by atoms with Gasteiger partial charge in [0.25, 0.3) is 0 Å². The molecule has 0 amide bonds. The molecular weight excluding hydrogens is 432 g/mol. The second-order valence-electron chi connectivity index (χ2n) is 8.59. The molecule has 0 heterocycles. The third-order valence-corrected chi connectivity index (χ3v) is 6.60. The van der Waals surface area contributed by atoms with Crippen LogP contribution in [0.25, 0.3) is 65.7 Å². The van der Waals surface area contributed by atoms with Gasteiger partial charge in [-0.3, -0.25) is 0 Å². The summed E-state index contributed by atoms with van der Waals surface area (Å²) >= 11 is 0. The average molecular weight is 467 g/mol. The summed E-state index contributed by atoms with van der Waals surface area (Å²) in [6.45, 7) is 0. The Morgan fingerprint density at radius 2 is 0.861 bits per heavy atom. The van der Waals surface area contributed by atoms with E-state index in [0.717, 1.165) is 32.7 Å². The van der Waals surface area contributed by atoms with Crippen molar-refractivity contribution in [1.82, 2.24) is 0 Å². The molecule has 0 aliphatic heterocycles. The Kier molecular flexibility index (Phi) is 3.04. The fourth-order valence-electron chi connectivity index (χ4n) is 5.12. The van der Waals surface area contributed by atoms with Crippen molar-refractivity contribution in [3.63, 3.8) is 0 Å². The maximum atomic E-state index is 8.81. The molecule has 36 heavy (non-hydrogen) atoms. The molecule has 7 aromatic rings. The zero-order valence-corrected chi connectivity index (χ0v) is 19.1. The van der Waals surface area contributed by atoms with Gasteiger partial charge in [-0.2, -0.15) is 0 Å². The minimum absolute atomic E-state index is 0.0994. The summed E-state index contributed by atoms with van der Waals surface area (Å²) in [7, 11) is 0. The van der Waals surface area contributed by atoms with Crippen molar-refractivity contribution in [2.75, 3.05) is 0 Å². The monoisotopic (exact) mass is 466 g/mol. The lowest BCUT2D eigenvalue weighted by Crippen LogP contribution is -1.92. The normalized spacial score (nSPS) is 15.2. The maximum absolute atomic E-state index is 8.81. The minimum Gasteiger partial charge on any atom is -0.0622 e. The van der Waals surface area contributed by atoms with Gasteiger partial charge in [-0.25, -0.2) is 0 Å². The van der Waals surface area contributed by atoms with E-state index in [1.165, 1.54) is 0 Å². The van der Waals surface area contributed by atoms with Crippen LogP contribution in [0.2, 0.25) is 0 Å². The molecule has 0 radical (unpaired) electrons. The molecule has 0 saturated heterocycles. The van der Waals surface area contributed by atoms with Crippen LogP contribution in [0.5, 0.6) is 0 Å². The number of hydrogen-bond donors (Lipinski definition) is 0. The van der Waals surface area contributed by atoms with Crippen molar-refractivity contribution < 1.29 is 13.7 Å². The van der Waals surface area contributed by atoms with E-state index in [9.17, 15) is 0 Å². The Morgan fingerprint density at radius 3 is 1.44 bits per heavy atom. The van der Waals surface area contributed by atoms with E-state index < -0.39 is 36.3 Å². The lowest BCUT2D eigenvalue weighted by Gasteiger charge is -2.19. The van der Waals surface area contributed by atoms with Gasteiger partial charge in [-0.15, -0.1) is 0 Å². The Hall–Kier alpha value is -4.68. The zero-order chi connectivity index (χ0) is 32.6. The second-order valence-corrected chi connectivity index (χ2v) is 8.59. The Bertz CT molecular complexity index is 2320. The topological polar surface area (TPSA) is 0 Å². The van der Waals surface area contributed by atoms with Crippen molar-refractivity contribution in [2.24, 2.45) is 0 Å². The van der Waals surface area contributed by atoms with Crippen molar-refractivity contribution in [1.29, 1.82) is 0 Å². The first kappa shape index (κ1) is 12.9. The van der Waals surface area contributed by atoms with Crippen LogP contribution < -0.4 is 0 Å². The predicted octanol–water partition coefficient (Wildman–Crippen LogP) is 10.1. The molecule has 168 valence electrons. The summed E-state index contributed by atoms with van der Waals surface area (Å²) in [5.74, 6) is 0. The van der Waals surface area contributed by atoms with Gasteiger partial charge in [0.2, 0.25) is 0 Å². The lowest BCUT2D eigenvalue weighted by atomic mass is 9.84. The Morgan fingerprint density at radius 1 is 0.389 bits per heavy atom. The highest BCUT2D eigenvalue weighted by Gasteiger charge is 2.18. The van der Waals surface area contributed by atoms with E-state index in [4.69, 9.17) is 13.7 Å². The van der Waals surface area contributed by atoms with Gasteiger partial charge in [0, 0.05) is 0 Å². The molecule has 0 nitrogen and oxygen atoms in total. The number of rotatable bonds is 3. The van der Waals surface area contributed by atoms with Crippen molar-refractivity contribution in [3.05, 3.63) is 145 Å². The maximum Gasteiger partial charge on any atom is 0.0629 e. The molecule has 0 saturated carbocycles. The smallest absolute Gasteiger partial charge is 0.0622 e. The molecule has 0 aromatic heterocycles. The molecule has 0 atom stereocenters. The highest BCUT2D eigenvalue weighted by Crippen LogP contribution is 2.46. The first-order chi connectivity index (χ1) is 22.0. The highest BCUT2D eigenvalue weighted by molar-refractivity contribution is 6.23.